The van der Waals surface area contributed by atoms with E-state index < -0.39 is 55.3 Å². The quantitative estimate of drug-likeness (QED) is 0.340. The Morgan fingerprint density at radius 3 is 2.12 bits per heavy atom. The molecule has 0 saturated carbocycles. The third-order valence-corrected chi connectivity index (χ3v) is 7.72. The summed E-state index contributed by atoms with van der Waals surface area (Å²) in [5.41, 5.74) is 5.69. The van der Waals surface area contributed by atoms with Crippen molar-refractivity contribution in [3.8, 4) is 0 Å². The summed E-state index contributed by atoms with van der Waals surface area (Å²) in [6.45, 7) is 3.16. The lowest BCUT2D eigenvalue weighted by Crippen LogP contribution is -2.37. The highest BCUT2D eigenvalue weighted by atomic mass is 31.2. The highest BCUT2D eigenvalue weighted by Crippen LogP contribution is 2.52. The van der Waals surface area contributed by atoms with Crippen LogP contribution in [0.2, 0.25) is 0 Å². The first-order valence-electron chi connectivity index (χ1n) is 12.6. The molecular formula is C27H30N3O9P. The number of phosphoric ester groups is 1. The van der Waals surface area contributed by atoms with Crippen LogP contribution in [0.4, 0.5) is 0 Å². The van der Waals surface area contributed by atoms with Crippen LogP contribution in [-0.2, 0) is 45.6 Å². The summed E-state index contributed by atoms with van der Waals surface area (Å²) in [5.74, 6) is -1.97. The molecule has 2 fully saturated rings. The summed E-state index contributed by atoms with van der Waals surface area (Å²) >= 11 is 0. The molecule has 2 aliphatic heterocycles. The molecule has 2 N–H and O–H groups in total. The Hall–Kier alpha value is -3.22. The zero-order valence-corrected chi connectivity index (χ0v) is 22.8. The van der Waals surface area contributed by atoms with Crippen molar-refractivity contribution in [2.75, 3.05) is 6.61 Å². The minimum Gasteiger partial charge on any atom is -0.364 e. The van der Waals surface area contributed by atoms with Crippen molar-refractivity contribution >= 4 is 13.7 Å². The number of ether oxygens (including phenoxy) is 3. The predicted octanol–water partition coefficient (Wildman–Crippen LogP) is 3.32. The van der Waals surface area contributed by atoms with Crippen LogP contribution in [0.3, 0.4) is 0 Å². The van der Waals surface area contributed by atoms with Crippen LogP contribution in [0.15, 0.2) is 77.9 Å². The number of primary amides is 1. The first kappa shape index (κ1) is 28.3. The van der Waals surface area contributed by atoms with Crippen molar-refractivity contribution in [2.24, 2.45) is 5.73 Å². The molecule has 3 heterocycles. The second-order valence-corrected chi connectivity index (χ2v) is 11.4. The molecule has 40 heavy (non-hydrogen) atoms. The fourth-order valence-corrected chi connectivity index (χ4v) is 5.71. The van der Waals surface area contributed by atoms with Gasteiger partial charge in [0.1, 0.15) is 18.3 Å². The highest BCUT2D eigenvalue weighted by molar-refractivity contribution is 7.48. The predicted molar refractivity (Wildman–Crippen MR) is 141 cm³/mol. The molecule has 0 radical (unpaired) electrons. The van der Waals surface area contributed by atoms with E-state index in [0.29, 0.717) is 0 Å². The number of rotatable bonds is 11. The summed E-state index contributed by atoms with van der Waals surface area (Å²) in [4.78, 5) is 28.4. The highest BCUT2D eigenvalue weighted by Gasteiger charge is 2.56. The maximum absolute atomic E-state index is 13.8. The molecule has 5 rings (SSSR count). The Kier molecular flexibility index (Phi) is 8.29. The van der Waals surface area contributed by atoms with Gasteiger partial charge in [0, 0.05) is 12.4 Å². The van der Waals surface area contributed by atoms with Gasteiger partial charge in [-0.1, -0.05) is 60.7 Å². The maximum Gasteiger partial charge on any atom is 0.475 e. The molecule has 2 saturated heterocycles. The molecule has 2 aromatic carbocycles. The lowest BCUT2D eigenvalue weighted by atomic mass is 10.1. The number of nitrogens with two attached hydrogens (primary N) is 1. The molecule has 4 atom stereocenters. The van der Waals surface area contributed by atoms with Crippen LogP contribution in [0.5, 0.6) is 0 Å². The average molecular weight is 572 g/mol. The van der Waals surface area contributed by atoms with E-state index in [1.165, 1.54) is 17.0 Å². The summed E-state index contributed by atoms with van der Waals surface area (Å²) in [6.07, 6.45) is -0.640. The number of benzene rings is 2. The van der Waals surface area contributed by atoms with Gasteiger partial charge in [0.15, 0.2) is 17.7 Å². The smallest absolute Gasteiger partial charge is 0.364 e. The van der Waals surface area contributed by atoms with Gasteiger partial charge in [-0.2, -0.15) is 0 Å². The SMILES string of the molecule is CC1(C)O[C@@H]2[C@H](O1)[C@@H](COP(=O)(OCc1ccccc1)OCc1ccccc1)O[C@H]2n1ccnc(C(N)=O)c1=O. The van der Waals surface area contributed by atoms with Gasteiger partial charge in [-0.15, -0.1) is 0 Å². The van der Waals surface area contributed by atoms with Gasteiger partial charge in [-0.05, 0) is 25.0 Å². The molecule has 1 aromatic heterocycles. The monoisotopic (exact) mass is 571 g/mol. The van der Waals surface area contributed by atoms with Gasteiger partial charge in [0.2, 0.25) is 0 Å². The van der Waals surface area contributed by atoms with E-state index >= 15 is 0 Å². The van der Waals surface area contributed by atoms with Gasteiger partial charge in [0.25, 0.3) is 11.5 Å². The zero-order valence-electron chi connectivity index (χ0n) is 22.0. The van der Waals surface area contributed by atoms with Gasteiger partial charge in [-0.3, -0.25) is 27.7 Å². The minimum atomic E-state index is -4.11. The van der Waals surface area contributed by atoms with E-state index in [0.717, 1.165) is 11.1 Å². The van der Waals surface area contributed by atoms with Gasteiger partial charge in [0.05, 0.1) is 19.8 Å². The van der Waals surface area contributed by atoms with Crippen molar-refractivity contribution in [3.05, 3.63) is 100 Å². The summed E-state index contributed by atoms with van der Waals surface area (Å²) in [6, 6.07) is 18.4. The first-order chi connectivity index (χ1) is 19.1. The van der Waals surface area contributed by atoms with Crippen LogP contribution in [0.1, 0.15) is 41.7 Å². The standard InChI is InChI=1S/C27H30N3O9P/c1-27(2)38-22-20(37-26(23(22)39-27)30-14-13-29-21(24(28)31)25(30)32)17-36-40(33,34-15-18-9-5-3-6-10-18)35-16-19-11-7-4-8-12-19/h3-14,20,22-23,26H,15-17H2,1-2H3,(H2,28,31)/t20-,22-,23-,26-/m1/s1. The molecule has 0 bridgehead atoms. The third kappa shape index (κ3) is 6.39. The Balaban J connectivity index is 1.35. The number of nitrogens with zero attached hydrogens (tertiary/aromatic N) is 2. The number of hydrogen-bond acceptors (Lipinski definition) is 10. The van der Waals surface area contributed by atoms with Crippen LogP contribution < -0.4 is 11.3 Å². The normalized spacial score (nSPS) is 23.6. The Morgan fingerprint density at radius 2 is 1.55 bits per heavy atom. The lowest BCUT2D eigenvalue weighted by molar-refractivity contribution is -0.200. The van der Waals surface area contributed by atoms with E-state index in [1.54, 1.807) is 13.8 Å². The van der Waals surface area contributed by atoms with Crippen molar-refractivity contribution in [3.63, 3.8) is 0 Å². The van der Waals surface area contributed by atoms with Crippen molar-refractivity contribution in [1.82, 2.24) is 9.55 Å². The molecule has 0 spiro atoms. The lowest BCUT2D eigenvalue weighted by Gasteiger charge is -2.26. The molecular weight excluding hydrogens is 541 g/mol. The van der Waals surface area contributed by atoms with Crippen LogP contribution >= 0.6 is 7.82 Å². The van der Waals surface area contributed by atoms with E-state index in [9.17, 15) is 14.2 Å². The number of carbonyl (C=O) groups is 1. The van der Waals surface area contributed by atoms with Crippen LogP contribution in [-0.4, -0.2) is 46.2 Å². The molecule has 13 heteroatoms. The van der Waals surface area contributed by atoms with Gasteiger partial charge >= 0.3 is 7.82 Å². The minimum absolute atomic E-state index is 0.0118. The molecule has 0 aliphatic carbocycles. The van der Waals surface area contributed by atoms with E-state index in [4.69, 9.17) is 33.5 Å². The van der Waals surface area contributed by atoms with Gasteiger partial charge < -0.3 is 19.9 Å². The second-order valence-electron chi connectivity index (χ2n) is 9.74. The van der Waals surface area contributed by atoms with E-state index in [1.807, 2.05) is 60.7 Å². The van der Waals surface area contributed by atoms with E-state index in [-0.39, 0.29) is 19.8 Å². The Morgan fingerprint density at radius 1 is 0.975 bits per heavy atom. The van der Waals surface area contributed by atoms with Crippen molar-refractivity contribution < 1.29 is 37.1 Å². The number of carbonyl (C=O) groups excluding carboxylic acids is 1. The Labute approximate surface area is 230 Å². The maximum atomic E-state index is 13.8. The average Bonchev–Trinajstić information content (AvgIpc) is 3.43. The van der Waals surface area contributed by atoms with Crippen LogP contribution in [0, 0.1) is 0 Å². The number of hydrogen-bond donors (Lipinski definition) is 1. The number of aromatic nitrogens is 2. The fourth-order valence-electron chi connectivity index (χ4n) is 4.54. The molecule has 0 unspecified atom stereocenters. The zero-order chi connectivity index (χ0) is 28.3. The molecule has 212 valence electrons. The number of fused-ring (bicyclic) bond motifs is 1. The number of phosphoric acid groups is 1. The van der Waals surface area contributed by atoms with Crippen LogP contribution in [0.25, 0.3) is 0 Å². The Bertz CT molecular complexity index is 1390. The topological polar surface area (TPSA) is 150 Å². The van der Waals surface area contributed by atoms with Crippen molar-refractivity contribution in [2.45, 2.75) is 57.4 Å². The summed E-state index contributed by atoms with van der Waals surface area (Å²) < 4.78 is 50.3. The molecule has 1 amide bonds. The molecule has 2 aliphatic rings. The number of amides is 1. The second kappa shape index (κ2) is 11.7. The summed E-state index contributed by atoms with van der Waals surface area (Å²) in [5, 5.41) is 0. The van der Waals surface area contributed by atoms with E-state index in [2.05, 4.69) is 4.98 Å². The third-order valence-electron chi connectivity index (χ3n) is 6.36. The molecule has 12 nitrogen and oxygen atoms in total. The first-order valence-corrected chi connectivity index (χ1v) is 14.1. The van der Waals surface area contributed by atoms with Gasteiger partial charge in [-0.25, -0.2) is 9.55 Å². The fraction of sp³-hybridized carbons (Fsp3) is 0.370. The van der Waals surface area contributed by atoms with Crippen molar-refractivity contribution in [1.29, 1.82) is 0 Å². The largest absolute Gasteiger partial charge is 0.475 e. The molecule has 3 aromatic rings. The summed E-state index contributed by atoms with van der Waals surface area (Å²) in [7, 11) is -4.11.